The van der Waals surface area contributed by atoms with Crippen LogP contribution in [0.25, 0.3) is 11.6 Å². The third-order valence-electron chi connectivity index (χ3n) is 3.70. The fourth-order valence-electron chi connectivity index (χ4n) is 2.43. The van der Waals surface area contributed by atoms with Crippen LogP contribution >= 0.6 is 22.6 Å². The standard InChI is InChI=1S/C16H14IN5O2/c1-10-18-21-16(23-10)13-6-7-15(20-19-13)22-8-11(9-22)24-14-5-3-2-4-12(14)17/h2-7,11H,8-9H2,1H3. The van der Waals surface area contributed by atoms with Gasteiger partial charge in [-0.2, -0.15) is 0 Å². The zero-order chi connectivity index (χ0) is 16.5. The van der Waals surface area contributed by atoms with Crippen molar-refractivity contribution in [1.82, 2.24) is 20.4 Å². The second kappa shape index (κ2) is 6.34. The Bertz CT molecular complexity index is 846. The highest BCUT2D eigenvalue weighted by Crippen LogP contribution is 2.26. The molecule has 0 saturated carbocycles. The molecule has 0 amide bonds. The van der Waals surface area contributed by atoms with Crippen LogP contribution in [0.2, 0.25) is 0 Å². The normalized spacial score (nSPS) is 14.5. The number of aromatic nitrogens is 4. The van der Waals surface area contributed by atoms with Crippen LogP contribution in [0.4, 0.5) is 5.82 Å². The first-order valence-electron chi connectivity index (χ1n) is 7.49. The molecule has 122 valence electrons. The van der Waals surface area contributed by atoms with Gasteiger partial charge < -0.3 is 14.1 Å². The van der Waals surface area contributed by atoms with E-state index in [0.29, 0.717) is 17.5 Å². The average molecular weight is 435 g/mol. The molecule has 0 bridgehead atoms. The molecular formula is C16H14IN5O2. The van der Waals surface area contributed by atoms with E-state index in [4.69, 9.17) is 9.15 Å². The number of halogens is 1. The number of para-hydroxylation sites is 1. The summed E-state index contributed by atoms with van der Waals surface area (Å²) in [5, 5.41) is 16.1. The van der Waals surface area contributed by atoms with Crippen LogP contribution in [0, 0.1) is 10.5 Å². The number of nitrogens with zero attached hydrogens (tertiary/aromatic N) is 5. The lowest BCUT2D eigenvalue weighted by molar-refractivity contribution is 0.165. The van der Waals surface area contributed by atoms with Crippen LogP contribution in [0.1, 0.15) is 5.89 Å². The summed E-state index contributed by atoms with van der Waals surface area (Å²) in [7, 11) is 0. The highest BCUT2D eigenvalue weighted by atomic mass is 127. The molecule has 3 aromatic rings. The number of anilines is 1. The van der Waals surface area contributed by atoms with Gasteiger partial charge in [0.1, 0.15) is 17.5 Å². The molecule has 3 heterocycles. The number of benzene rings is 1. The third kappa shape index (κ3) is 3.05. The second-order valence-corrected chi connectivity index (χ2v) is 6.64. The van der Waals surface area contributed by atoms with Gasteiger partial charge in [-0.3, -0.25) is 0 Å². The summed E-state index contributed by atoms with van der Waals surface area (Å²) in [5.74, 6) is 2.64. The molecule has 1 aliphatic heterocycles. The maximum Gasteiger partial charge on any atom is 0.268 e. The second-order valence-electron chi connectivity index (χ2n) is 5.48. The highest BCUT2D eigenvalue weighted by molar-refractivity contribution is 14.1. The molecule has 0 radical (unpaired) electrons. The number of rotatable bonds is 4. The molecule has 8 heteroatoms. The van der Waals surface area contributed by atoms with Crippen molar-refractivity contribution in [3.05, 3.63) is 45.9 Å². The van der Waals surface area contributed by atoms with E-state index in [1.54, 1.807) is 6.92 Å². The Labute approximate surface area is 152 Å². The van der Waals surface area contributed by atoms with Gasteiger partial charge in [-0.05, 0) is 46.9 Å². The maximum atomic E-state index is 6.00. The van der Waals surface area contributed by atoms with Gasteiger partial charge in [0.25, 0.3) is 5.89 Å². The van der Waals surface area contributed by atoms with E-state index in [9.17, 15) is 0 Å². The molecule has 1 saturated heterocycles. The van der Waals surface area contributed by atoms with Crippen molar-refractivity contribution in [3.8, 4) is 17.3 Å². The first-order valence-corrected chi connectivity index (χ1v) is 8.57. The third-order valence-corrected chi connectivity index (χ3v) is 4.59. The summed E-state index contributed by atoms with van der Waals surface area (Å²) in [6.45, 7) is 3.32. The summed E-state index contributed by atoms with van der Waals surface area (Å²) in [4.78, 5) is 2.12. The van der Waals surface area contributed by atoms with E-state index in [2.05, 4.69) is 47.9 Å². The van der Waals surface area contributed by atoms with Crippen LogP contribution in [0.3, 0.4) is 0 Å². The van der Waals surface area contributed by atoms with Crippen molar-refractivity contribution < 1.29 is 9.15 Å². The van der Waals surface area contributed by atoms with E-state index in [1.165, 1.54) is 0 Å². The van der Waals surface area contributed by atoms with Gasteiger partial charge in [0.2, 0.25) is 5.89 Å². The Kier molecular flexibility index (Phi) is 4.05. The summed E-state index contributed by atoms with van der Waals surface area (Å²) >= 11 is 2.28. The van der Waals surface area contributed by atoms with Crippen molar-refractivity contribution in [2.45, 2.75) is 13.0 Å². The fourth-order valence-corrected chi connectivity index (χ4v) is 2.94. The lowest BCUT2D eigenvalue weighted by Gasteiger charge is -2.39. The molecule has 0 unspecified atom stereocenters. The summed E-state index contributed by atoms with van der Waals surface area (Å²) in [6, 6.07) is 11.8. The molecule has 1 aromatic carbocycles. The molecule has 24 heavy (non-hydrogen) atoms. The van der Waals surface area contributed by atoms with Crippen LogP contribution in [0.15, 0.2) is 40.8 Å². The molecule has 1 aliphatic rings. The fraction of sp³-hybridized carbons (Fsp3) is 0.250. The predicted molar refractivity (Wildman–Crippen MR) is 95.8 cm³/mol. The van der Waals surface area contributed by atoms with Crippen LogP contribution in [-0.4, -0.2) is 39.6 Å². The SMILES string of the molecule is Cc1nnc(-c2ccc(N3CC(Oc4ccccc4I)C3)nn2)o1. The van der Waals surface area contributed by atoms with Crippen molar-refractivity contribution in [3.63, 3.8) is 0 Å². The Hall–Kier alpha value is -2.23. The maximum absolute atomic E-state index is 6.00. The minimum Gasteiger partial charge on any atom is -0.486 e. The molecule has 0 N–H and O–H groups in total. The highest BCUT2D eigenvalue weighted by Gasteiger charge is 2.30. The summed E-state index contributed by atoms with van der Waals surface area (Å²) in [5.41, 5.74) is 0.575. The quantitative estimate of drug-likeness (QED) is 0.584. The van der Waals surface area contributed by atoms with Crippen LogP contribution in [-0.2, 0) is 0 Å². The lowest BCUT2D eigenvalue weighted by atomic mass is 10.1. The smallest absolute Gasteiger partial charge is 0.268 e. The van der Waals surface area contributed by atoms with Crippen molar-refractivity contribution in [1.29, 1.82) is 0 Å². The predicted octanol–water partition coefficient (Wildman–Crippen LogP) is 2.71. The first kappa shape index (κ1) is 15.3. The molecule has 0 atom stereocenters. The molecule has 4 rings (SSSR count). The van der Waals surface area contributed by atoms with Crippen molar-refractivity contribution in [2.75, 3.05) is 18.0 Å². The van der Waals surface area contributed by atoms with Gasteiger partial charge in [-0.25, -0.2) is 0 Å². The first-order chi connectivity index (χ1) is 11.7. The molecule has 2 aromatic heterocycles. The minimum atomic E-state index is 0.168. The lowest BCUT2D eigenvalue weighted by Crippen LogP contribution is -2.54. The molecule has 0 spiro atoms. The van der Waals surface area contributed by atoms with Crippen LogP contribution in [0.5, 0.6) is 5.75 Å². The number of aryl methyl sites for hydroxylation is 1. The molecule has 1 fully saturated rings. The van der Waals surface area contributed by atoms with E-state index in [-0.39, 0.29) is 6.10 Å². The number of hydrogen-bond donors (Lipinski definition) is 0. The van der Waals surface area contributed by atoms with E-state index < -0.39 is 0 Å². The van der Waals surface area contributed by atoms with Crippen LogP contribution < -0.4 is 9.64 Å². The van der Waals surface area contributed by atoms with Gasteiger partial charge in [-0.15, -0.1) is 20.4 Å². The summed E-state index contributed by atoms with van der Waals surface area (Å²) < 4.78 is 12.5. The van der Waals surface area contributed by atoms with Gasteiger partial charge in [-0.1, -0.05) is 12.1 Å². The van der Waals surface area contributed by atoms with Crippen molar-refractivity contribution >= 4 is 28.4 Å². The molecular weight excluding hydrogens is 421 g/mol. The van der Waals surface area contributed by atoms with E-state index >= 15 is 0 Å². The number of hydrogen-bond acceptors (Lipinski definition) is 7. The van der Waals surface area contributed by atoms with Gasteiger partial charge in [0.15, 0.2) is 5.82 Å². The Morgan fingerprint density at radius 3 is 2.58 bits per heavy atom. The van der Waals surface area contributed by atoms with E-state index in [1.807, 2.05) is 36.4 Å². The zero-order valence-electron chi connectivity index (χ0n) is 12.9. The topological polar surface area (TPSA) is 77.2 Å². The van der Waals surface area contributed by atoms with Crippen molar-refractivity contribution in [2.24, 2.45) is 0 Å². The Morgan fingerprint density at radius 2 is 1.92 bits per heavy atom. The molecule has 0 aliphatic carbocycles. The van der Waals surface area contributed by atoms with Gasteiger partial charge in [0, 0.05) is 6.92 Å². The zero-order valence-corrected chi connectivity index (χ0v) is 15.0. The van der Waals surface area contributed by atoms with Gasteiger partial charge in [0.05, 0.1) is 16.7 Å². The monoisotopic (exact) mass is 435 g/mol. The number of ether oxygens (including phenoxy) is 1. The van der Waals surface area contributed by atoms with E-state index in [0.717, 1.165) is 28.2 Å². The Morgan fingerprint density at radius 1 is 1.08 bits per heavy atom. The molecule has 7 nitrogen and oxygen atoms in total. The van der Waals surface area contributed by atoms with Gasteiger partial charge >= 0.3 is 0 Å². The average Bonchev–Trinajstić information content (AvgIpc) is 2.99. The minimum absolute atomic E-state index is 0.168. The Balaban J connectivity index is 1.38. The largest absolute Gasteiger partial charge is 0.486 e. The summed E-state index contributed by atoms with van der Waals surface area (Å²) in [6.07, 6.45) is 0.168.